The van der Waals surface area contributed by atoms with Crippen molar-refractivity contribution in [3.63, 3.8) is 0 Å². The van der Waals surface area contributed by atoms with Crippen LogP contribution in [0, 0.1) is 18.3 Å². The number of rotatable bonds is 5. The molecule has 2 aromatic carbocycles. The summed E-state index contributed by atoms with van der Waals surface area (Å²) in [7, 11) is -2.40. The van der Waals surface area contributed by atoms with Crippen LogP contribution in [0.5, 0.6) is 0 Å². The molecule has 3 aromatic rings. The van der Waals surface area contributed by atoms with Gasteiger partial charge in [0.25, 0.3) is 15.9 Å². The number of benzene rings is 2. The number of pyridine rings is 1. The van der Waals surface area contributed by atoms with Crippen molar-refractivity contribution in [3.8, 4) is 6.07 Å². The summed E-state index contributed by atoms with van der Waals surface area (Å²) in [4.78, 5) is 39.0. The Balaban J connectivity index is 1.40. The summed E-state index contributed by atoms with van der Waals surface area (Å²) in [5.41, 5.74) is -0.923. The molecule has 0 aliphatic carbocycles. The Morgan fingerprint density at radius 2 is 1.68 bits per heavy atom. The zero-order valence-electron chi connectivity index (χ0n) is 24.7. The molecule has 12 heteroatoms. The van der Waals surface area contributed by atoms with E-state index in [1.54, 1.807) is 42.2 Å². The molecule has 0 saturated carbocycles. The molecule has 0 bridgehead atoms. The number of sulfonamides is 1. The van der Waals surface area contributed by atoms with Gasteiger partial charge >= 0.3 is 6.09 Å². The molecule has 2 amide bonds. The Labute approximate surface area is 257 Å². The topological polar surface area (TPSA) is 127 Å². The van der Waals surface area contributed by atoms with Crippen LogP contribution in [0.3, 0.4) is 0 Å². The van der Waals surface area contributed by atoms with Crippen molar-refractivity contribution in [1.82, 2.24) is 19.7 Å². The number of aromatic nitrogens is 1. The summed E-state index contributed by atoms with van der Waals surface area (Å²) < 4.78 is 34.9. The Morgan fingerprint density at radius 1 is 0.977 bits per heavy atom. The first-order chi connectivity index (χ1) is 21.2. The third-order valence-corrected chi connectivity index (χ3v) is 10.5. The van der Waals surface area contributed by atoms with Crippen LogP contribution in [0.15, 0.2) is 71.9 Å². The molecule has 3 aliphatic heterocycles. The first kappa shape index (κ1) is 29.7. The lowest BCUT2D eigenvalue weighted by molar-refractivity contribution is -0.132. The molecular weight excluding hydrogens is 580 g/mol. The number of piperazine rings is 1. The number of ether oxygens (including phenoxy) is 1. The second kappa shape index (κ2) is 11.6. The molecule has 0 spiro atoms. The second-order valence-electron chi connectivity index (χ2n) is 11.5. The molecular formula is C32H34N6O5S. The van der Waals surface area contributed by atoms with Crippen LogP contribution < -0.4 is 4.31 Å². The van der Waals surface area contributed by atoms with Gasteiger partial charge in [0.2, 0.25) is 5.60 Å². The smallest absolute Gasteiger partial charge is 0.411 e. The molecule has 228 valence electrons. The molecule has 2 fully saturated rings. The van der Waals surface area contributed by atoms with Crippen molar-refractivity contribution in [1.29, 1.82) is 5.26 Å². The summed E-state index contributed by atoms with van der Waals surface area (Å²) in [6.45, 7) is 6.00. The number of nitriles is 1. The maximum absolute atomic E-state index is 14.7. The molecule has 0 radical (unpaired) electrons. The molecule has 6 rings (SSSR count). The molecule has 1 aromatic heterocycles. The number of piperidine rings is 1. The lowest BCUT2D eigenvalue weighted by atomic mass is 9.84. The number of aryl methyl sites for hydroxylation is 1. The van der Waals surface area contributed by atoms with Gasteiger partial charge in [-0.25, -0.2) is 9.78 Å². The van der Waals surface area contributed by atoms with Gasteiger partial charge in [0.15, 0.2) is 5.03 Å². The minimum atomic E-state index is -4.52. The molecule has 1 atom stereocenters. The van der Waals surface area contributed by atoms with Gasteiger partial charge in [-0.3, -0.25) is 9.69 Å². The number of hydrogen-bond acceptors (Lipinski definition) is 9. The van der Waals surface area contributed by atoms with E-state index in [1.165, 1.54) is 36.5 Å². The molecule has 3 aliphatic rings. The van der Waals surface area contributed by atoms with Crippen LogP contribution in [-0.4, -0.2) is 92.5 Å². The summed E-state index contributed by atoms with van der Waals surface area (Å²) in [5, 5.41) is 9.43. The van der Waals surface area contributed by atoms with Gasteiger partial charge in [-0.1, -0.05) is 30.3 Å². The monoisotopic (exact) mass is 614 g/mol. The van der Waals surface area contributed by atoms with E-state index in [0.29, 0.717) is 47.7 Å². The Bertz CT molecular complexity index is 1730. The van der Waals surface area contributed by atoms with Crippen molar-refractivity contribution < 1.29 is 22.7 Å². The van der Waals surface area contributed by atoms with Crippen LogP contribution in [0.2, 0.25) is 0 Å². The lowest BCUT2D eigenvalue weighted by Gasteiger charge is -2.42. The normalized spacial score (nSPS) is 21.6. The van der Waals surface area contributed by atoms with Crippen LogP contribution in [0.4, 0.5) is 10.5 Å². The molecule has 2 saturated heterocycles. The predicted molar refractivity (Wildman–Crippen MR) is 162 cm³/mol. The van der Waals surface area contributed by atoms with E-state index < -0.39 is 27.6 Å². The summed E-state index contributed by atoms with van der Waals surface area (Å²) in [6.07, 6.45) is 2.75. The average Bonchev–Trinajstić information content (AvgIpc) is 3.29. The van der Waals surface area contributed by atoms with Crippen molar-refractivity contribution in [2.45, 2.75) is 36.4 Å². The van der Waals surface area contributed by atoms with Crippen LogP contribution in [-0.2, 0) is 25.2 Å². The molecule has 4 heterocycles. The zero-order chi connectivity index (χ0) is 31.1. The van der Waals surface area contributed by atoms with Crippen LogP contribution in [0.1, 0.15) is 35.1 Å². The molecule has 1 unspecified atom stereocenters. The third-order valence-electron chi connectivity index (χ3n) is 8.89. The quantitative estimate of drug-likeness (QED) is 0.426. The maximum Gasteiger partial charge on any atom is 0.411 e. The highest BCUT2D eigenvalue weighted by atomic mass is 32.2. The number of nitrogens with zero attached hydrogens (tertiary/aromatic N) is 6. The fourth-order valence-corrected chi connectivity index (χ4v) is 7.87. The lowest BCUT2D eigenvalue weighted by Crippen LogP contribution is -2.55. The summed E-state index contributed by atoms with van der Waals surface area (Å²) >= 11 is 0. The van der Waals surface area contributed by atoms with Gasteiger partial charge in [-0.2, -0.15) is 18.0 Å². The molecule has 0 N–H and O–H groups in total. The largest absolute Gasteiger partial charge is 0.422 e. The van der Waals surface area contributed by atoms with Crippen molar-refractivity contribution >= 4 is 27.7 Å². The number of anilines is 1. The Hall–Kier alpha value is -4.31. The van der Waals surface area contributed by atoms with Crippen molar-refractivity contribution in [2.75, 3.05) is 50.6 Å². The predicted octanol–water partition coefficient (Wildman–Crippen LogP) is 3.09. The third kappa shape index (κ3) is 5.00. The standard InChI is InChI=1S/C32H34N6O5S/c1-23-7-3-4-8-26(23)32(43-31(40)37-19-17-36(18-20-37)25-12-15-35(2)16-13-25)27-21-24(22-33)10-11-28(27)38(30(32)39)44(41,42)29-9-5-6-14-34-29/h3-11,14,21,25H,12-13,15-20H2,1-2H3. The van der Waals surface area contributed by atoms with E-state index >= 15 is 0 Å². The summed E-state index contributed by atoms with van der Waals surface area (Å²) in [6, 6.07) is 18.1. The van der Waals surface area contributed by atoms with E-state index in [-0.39, 0.29) is 21.8 Å². The highest BCUT2D eigenvalue weighted by Crippen LogP contribution is 2.50. The highest BCUT2D eigenvalue weighted by molar-refractivity contribution is 7.93. The number of likely N-dealkylation sites (tertiary alicyclic amines) is 1. The minimum absolute atomic E-state index is 0.00259. The highest BCUT2D eigenvalue weighted by Gasteiger charge is 2.60. The van der Waals surface area contributed by atoms with E-state index in [1.807, 2.05) is 0 Å². The first-order valence-electron chi connectivity index (χ1n) is 14.7. The maximum atomic E-state index is 14.7. The van der Waals surface area contributed by atoms with E-state index in [0.717, 1.165) is 25.9 Å². The van der Waals surface area contributed by atoms with Crippen LogP contribution >= 0.6 is 0 Å². The fraction of sp³-hybridized carbons (Fsp3) is 0.375. The molecule has 44 heavy (non-hydrogen) atoms. The van der Waals surface area contributed by atoms with Gasteiger partial charge in [-0.15, -0.1) is 0 Å². The number of carbonyl (C=O) groups excluding carboxylic acids is 2. The van der Waals surface area contributed by atoms with Crippen molar-refractivity contribution in [3.05, 3.63) is 89.1 Å². The fourth-order valence-electron chi connectivity index (χ4n) is 6.47. The number of fused-ring (bicyclic) bond motifs is 1. The van der Waals surface area contributed by atoms with E-state index in [9.17, 15) is 23.3 Å². The average molecular weight is 615 g/mol. The minimum Gasteiger partial charge on any atom is -0.422 e. The Morgan fingerprint density at radius 3 is 2.34 bits per heavy atom. The van der Waals surface area contributed by atoms with Gasteiger partial charge in [0.05, 0.1) is 17.3 Å². The van der Waals surface area contributed by atoms with E-state index in [4.69, 9.17) is 4.74 Å². The van der Waals surface area contributed by atoms with Crippen molar-refractivity contribution in [2.24, 2.45) is 0 Å². The summed E-state index contributed by atoms with van der Waals surface area (Å²) in [5.74, 6) is -0.971. The van der Waals surface area contributed by atoms with Gasteiger partial charge < -0.3 is 14.5 Å². The number of amides is 2. The number of hydrogen-bond donors (Lipinski definition) is 0. The zero-order valence-corrected chi connectivity index (χ0v) is 25.5. The molecule has 11 nitrogen and oxygen atoms in total. The second-order valence-corrected chi connectivity index (χ2v) is 13.2. The van der Waals surface area contributed by atoms with E-state index in [2.05, 4.69) is 27.9 Å². The van der Waals surface area contributed by atoms with Gasteiger partial charge in [0.1, 0.15) is 0 Å². The SMILES string of the molecule is Cc1ccccc1C1(OC(=O)N2CCN(C3CCN(C)CC3)CC2)C(=O)N(S(=O)(=O)c2ccccn2)c2ccc(C#N)cc21. The Kier molecular flexibility index (Phi) is 7.88. The van der Waals surface area contributed by atoms with Gasteiger partial charge in [0, 0.05) is 49.5 Å². The number of carbonyl (C=O) groups is 2. The first-order valence-corrected chi connectivity index (χ1v) is 16.1. The van der Waals surface area contributed by atoms with Gasteiger partial charge in [-0.05, 0) is 75.8 Å². The van der Waals surface area contributed by atoms with Crippen LogP contribution in [0.25, 0.3) is 0 Å².